The molecule has 68 valence electrons. The molecule has 0 aliphatic rings. The second kappa shape index (κ2) is 3.43. The van der Waals surface area contributed by atoms with Crippen molar-refractivity contribution in [2.45, 2.75) is 26.2 Å². The van der Waals surface area contributed by atoms with Crippen LogP contribution in [0.2, 0.25) is 0 Å². The summed E-state index contributed by atoms with van der Waals surface area (Å²) in [5.74, 6) is 0. The molecule has 0 saturated carbocycles. The lowest BCUT2D eigenvalue weighted by Crippen LogP contribution is -2.13. The van der Waals surface area contributed by atoms with E-state index in [1.54, 1.807) is 0 Å². The van der Waals surface area contributed by atoms with Crippen LogP contribution in [0.4, 0.5) is 0 Å². The van der Waals surface area contributed by atoms with E-state index in [0.717, 1.165) is 3.70 Å². The molecule has 0 spiro atoms. The lowest BCUT2D eigenvalue weighted by atomic mass is 9.90. The maximum atomic E-state index is 4.37. The monoisotopic (exact) mass is 390 g/mol. The summed E-state index contributed by atoms with van der Waals surface area (Å²) in [7, 11) is 1.99. The molecule has 1 aromatic heterocycles. The molecular weight excluding hydrogens is 378 g/mol. The van der Waals surface area contributed by atoms with Crippen LogP contribution >= 0.6 is 45.2 Å². The first-order valence-corrected chi connectivity index (χ1v) is 5.88. The van der Waals surface area contributed by atoms with Crippen LogP contribution in [0.1, 0.15) is 26.3 Å². The Morgan fingerprint density at radius 3 is 1.92 bits per heavy atom. The van der Waals surface area contributed by atoms with Gasteiger partial charge in [0, 0.05) is 12.6 Å². The van der Waals surface area contributed by atoms with Crippen molar-refractivity contribution >= 4 is 45.2 Å². The zero-order valence-electron chi connectivity index (χ0n) is 7.65. The van der Waals surface area contributed by atoms with Crippen molar-refractivity contribution in [2.75, 3.05) is 0 Å². The van der Waals surface area contributed by atoms with Gasteiger partial charge < -0.3 is 0 Å². The van der Waals surface area contributed by atoms with Crippen molar-refractivity contribution in [2.24, 2.45) is 7.05 Å². The van der Waals surface area contributed by atoms with Gasteiger partial charge in [-0.15, -0.1) is 0 Å². The molecule has 0 aliphatic heterocycles. The minimum atomic E-state index is 0.196. The van der Waals surface area contributed by atoms with Crippen molar-refractivity contribution in [3.8, 4) is 0 Å². The van der Waals surface area contributed by atoms with Gasteiger partial charge in [-0.25, -0.2) is 0 Å². The summed E-state index contributed by atoms with van der Waals surface area (Å²) in [6.45, 7) is 6.65. The summed E-state index contributed by atoms with van der Waals surface area (Å²) >= 11 is 4.64. The van der Waals surface area contributed by atoms with Gasteiger partial charge in [-0.2, -0.15) is 5.10 Å². The smallest absolute Gasteiger partial charge is 0.128 e. The maximum Gasteiger partial charge on any atom is 0.128 e. The largest absolute Gasteiger partial charge is 0.261 e. The summed E-state index contributed by atoms with van der Waals surface area (Å²) in [6.07, 6.45) is 0. The third kappa shape index (κ3) is 1.94. The fourth-order valence-corrected chi connectivity index (χ4v) is 4.17. The second-order valence-electron chi connectivity index (χ2n) is 3.83. The van der Waals surface area contributed by atoms with Crippen LogP contribution in [-0.2, 0) is 12.5 Å². The Balaban J connectivity index is 3.32. The predicted molar refractivity (Wildman–Crippen MR) is 67.3 cm³/mol. The highest BCUT2D eigenvalue weighted by Crippen LogP contribution is 2.30. The number of aromatic nitrogens is 2. The van der Waals surface area contributed by atoms with E-state index >= 15 is 0 Å². The van der Waals surface area contributed by atoms with Crippen LogP contribution in [0.25, 0.3) is 0 Å². The standard InChI is InChI=1S/C8H12I2N2/c1-8(2,3)5-6(9)11-12(4)7(5)10/h1-4H3. The topological polar surface area (TPSA) is 17.8 Å². The van der Waals surface area contributed by atoms with Crippen molar-refractivity contribution in [1.29, 1.82) is 0 Å². The minimum Gasteiger partial charge on any atom is -0.261 e. The van der Waals surface area contributed by atoms with Crippen molar-refractivity contribution in [3.05, 3.63) is 13.0 Å². The molecule has 0 aromatic carbocycles. The first-order chi connectivity index (χ1) is 5.34. The molecule has 1 aromatic rings. The van der Waals surface area contributed by atoms with E-state index in [4.69, 9.17) is 0 Å². The molecule has 1 heterocycles. The summed E-state index contributed by atoms with van der Waals surface area (Å²) in [4.78, 5) is 0. The number of aryl methyl sites for hydroxylation is 1. The van der Waals surface area contributed by atoms with Crippen molar-refractivity contribution in [1.82, 2.24) is 9.78 Å². The first kappa shape index (κ1) is 10.7. The Bertz CT molecular complexity index is 297. The second-order valence-corrected chi connectivity index (χ2v) is 5.87. The van der Waals surface area contributed by atoms with Crippen LogP contribution in [0, 0.1) is 7.40 Å². The Hall–Kier alpha value is 0.670. The fourth-order valence-electron chi connectivity index (χ4n) is 1.09. The Kier molecular flexibility index (Phi) is 3.08. The lowest BCUT2D eigenvalue weighted by Gasteiger charge is -2.17. The summed E-state index contributed by atoms with van der Waals surface area (Å²) < 4.78 is 4.29. The van der Waals surface area contributed by atoms with Gasteiger partial charge in [-0.1, -0.05) is 20.8 Å². The molecule has 0 N–H and O–H groups in total. The molecule has 0 unspecified atom stereocenters. The average molecular weight is 390 g/mol. The van der Waals surface area contributed by atoms with Gasteiger partial charge in [0.25, 0.3) is 0 Å². The highest BCUT2D eigenvalue weighted by atomic mass is 127. The summed E-state index contributed by atoms with van der Waals surface area (Å²) in [5, 5.41) is 4.37. The molecule has 0 saturated heterocycles. The minimum absolute atomic E-state index is 0.196. The average Bonchev–Trinajstić information content (AvgIpc) is 2.05. The number of hydrogen-bond acceptors (Lipinski definition) is 1. The van der Waals surface area contributed by atoms with Gasteiger partial charge >= 0.3 is 0 Å². The van der Waals surface area contributed by atoms with E-state index in [2.05, 4.69) is 71.1 Å². The molecule has 1 rings (SSSR count). The van der Waals surface area contributed by atoms with Crippen LogP contribution < -0.4 is 0 Å². The summed E-state index contributed by atoms with van der Waals surface area (Å²) in [6, 6.07) is 0. The molecule has 0 fully saturated rings. The molecule has 0 radical (unpaired) electrons. The van der Waals surface area contributed by atoms with E-state index in [9.17, 15) is 0 Å². The zero-order valence-corrected chi connectivity index (χ0v) is 12.0. The molecule has 4 heteroatoms. The quantitative estimate of drug-likeness (QED) is 0.624. The van der Waals surface area contributed by atoms with Gasteiger partial charge in [0.05, 0.1) is 0 Å². The third-order valence-electron chi connectivity index (χ3n) is 1.68. The number of halogens is 2. The maximum absolute atomic E-state index is 4.37. The predicted octanol–water partition coefficient (Wildman–Crippen LogP) is 2.93. The van der Waals surface area contributed by atoms with Crippen LogP contribution in [0.3, 0.4) is 0 Å². The summed E-state index contributed by atoms with van der Waals surface area (Å²) in [5.41, 5.74) is 1.55. The normalized spacial score (nSPS) is 12.2. The Morgan fingerprint density at radius 2 is 1.75 bits per heavy atom. The van der Waals surface area contributed by atoms with Crippen LogP contribution in [-0.4, -0.2) is 9.78 Å². The Morgan fingerprint density at radius 1 is 1.25 bits per heavy atom. The van der Waals surface area contributed by atoms with Crippen LogP contribution in [0.15, 0.2) is 0 Å². The van der Waals surface area contributed by atoms with Crippen LogP contribution in [0.5, 0.6) is 0 Å². The van der Waals surface area contributed by atoms with E-state index in [-0.39, 0.29) is 5.41 Å². The van der Waals surface area contributed by atoms with Gasteiger partial charge in [0.2, 0.25) is 0 Å². The molecule has 2 nitrogen and oxygen atoms in total. The molecule has 0 aliphatic carbocycles. The molecular formula is C8H12I2N2. The molecule has 0 atom stereocenters. The van der Waals surface area contributed by atoms with Gasteiger partial charge in [-0.3, -0.25) is 4.68 Å². The highest BCUT2D eigenvalue weighted by molar-refractivity contribution is 14.1. The van der Waals surface area contributed by atoms with E-state index in [1.165, 1.54) is 9.26 Å². The van der Waals surface area contributed by atoms with Crippen molar-refractivity contribution < 1.29 is 0 Å². The Labute approximate surface area is 100 Å². The third-order valence-corrected chi connectivity index (χ3v) is 3.68. The fraction of sp³-hybridized carbons (Fsp3) is 0.625. The number of hydrogen-bond donors (Lipinski definition) is 0. The zero-order chi connectivity index (χ0) is 9.52. The number of rotatable bonds is 0. The number of nitrogens with zero attached hydrogens (tertiary/aromatic N) is 2. The van der Waals surface area contributed by atoms with Crippen molar-refractivity contribution in [3.63, 3.8) is 0 Å². The first-order valence-electron chi connectivity index (χ1n) is 3.72. The van der Waals surface area contributed by atoms with E-state index < -0.39 is 0 Å². The SMILES string of the molecule is Cn1nc(I)c(C(C)(C)C)c1I. The molecule has 12 heavy (non-hydrogen) atoms. The van der Waals surface area contributed by atoms with E-state index in [0.29, 0.717) is 0 Å². The van der Waals surface area contributed by atoms with Gasteiger partial charge in [0.15, 0.2) is 0 Å². The highest BCUT2D eigenvalue weighted by Gasteiger charge is 2.23. The molecule has 0 bridgehead atoms. The van der Waals surface area contributed by atoms with Gasteiger partial charge in [0.1, 0.15) is 7.40 Å². The molecule has 0 amide bonds. The van der Waals surface area contributed by atoms with Gasteiger partial charge in [-0.05, 0) is 50.6 Å². The lowest BCUT2D eigenvalue weighted by molar-refractivity contribution is 0.581. The van der Waals surface area contributed by atoms with E-state index in [1.807, 2.05) is 11.7 Å².